The zero-order valence-electron chi connectivity index (χ0n) is 10.2. The maximum atomic E-state index is 6.11. The minimum atomic E-state index is 0.0492. The van der Waals surface area contributed by atoms with Gasteiger partial charge in [-0.15, -0.1) is 0 Å². The maximum absolute atomic E-state index is 6.11. The lowest BCUT2D eigenvalue weighted by atomic mass is 9.98. The smallest absolute Gasteiger partial charge is 0.137 e. The summed E-state index contributed by atoms with van der Waals surface area (Å²) in [4.78, 5) is 0. The summed E-state index contributed by atoms with van der Waals surface area (Å²) in [6, 6.07) is 5.83. The molecule has 0 aliphatic heterocycles. The molecule has 1 unspecified atom stereocenters. The largest absolute Gasteiger partial charge is 0.492 e. The average Bonchev–Trinajstić information content (AvgIpc) is 2.20. The molecule has 0 spiro atoms. The van der Waals surface area contributed by atoms with E-state index in [1.807, 2.05) is 25.1 Å². The molecule has 1 aromatic rings. The zero-order chi connectivity index (χ0) is 12.1. The highest BCUT2D eigenvalue weighted by atomic mass is 35.5. The molecule has 0 saturated carbocycles. The first-order valence-corrected chi connectivity index (χ1v) is 6.10. The topological polar surface area (TPSA) is 35.2 Å². The molecular weight excluding hydrogens is 222 g/mol. The highest BCUT2D eigenvalue weighted by Crippen LogP contribution is 2.29. The number of halogens is 1. The van der Waals surface area contributed by atoms with Crippen molar-refractivity contribution in [3.63, 3.8) is 0 Å². The monoisotopic (exact) mass is 241 g/mol. The molecular formula is C13H20ClNO. The van der Waals surface area contributed by atoms with Crippen molar-refractivity contribution in [3.8, 4) is 5.75 Å². The van der Waals surface area contributed by atoms with Gasteiger partial charge in [0.2, 0.25) is 0 Å². The van der Waals surface area contributed by atoms with Gasteiger partial charge in [0.1, 0.15) is 5.75 Å². The van der Waals surface area contributed by atoms with E-state index < -0.39 is 0 Å². The lowest BCUT2D eigenvalue weighted by Crippen LogP contribution is -2.12. The number of rotatable bonds is 5. The van der Waals surface area contributed by atoms with E-state index in [0.717, 1.165) is 17.7 Å². The van der Waals surface area contributed by atoms with Gasteiger partial charge >= 0.3 is 0 Å². The molecule has 0 saturated heterocycles. The van der Waals surface area contributed by atoms with Gasteiger partial charge in [-0.2, -0.15) is 0 Å². The Labute approximate surface area is 103 Å². The molecule has 0 radical (unpaired) electrons. The van der Waals surface area contributed by atoms with Crippen LogP contribution in [0.1, 0.15) is 38.8 Å². The normalized spacial score (nSPS) is 12.9. The third-order valence-electron chi connectivity index (χ3n) is 2.41. The van der Waals surface area contributed by atoms with Gasteiger partial charge in [0.15, 0.2) is 0 Å². The fourth-order valence-electron chi connectivity index (χ4n) is 1.66. The van der Waals surface area contributed by atoms with Gasteiger partial charge in [-0.25, -0.2) is 0 Å². The summed E-state index contributed by atoms with van der Waals surface area (Å²) in [5.74, 6) is 1.31. The van der Waals surface area contributed by atoms with Crippen molar-refractivity contribution in [1.82, 2.24) is 0 Å². The van der Waals surface area contributed by atoms with Crippen LogP contribution in [0.2, 0.25) is 5.02 Å². The van der Waals surface area contributed by atoms with Crippen LogP contribution in [0.4, 0.5) is 0 Å². The van der Waals surface area contributed by atoms with Crippen molar-refractivity contribution in [2.45, 2.75) is 33.2 Å². The van der Waals surface area contributed by atoms with E-state index in [1.165, 1.54) is 0 Å². The summed E-state index contributed by atoms with van der Waals surface area (Å²) in [6.45, 7) is 6.89. The van der Waals surface area contributed by atoms with Crippen molar-refractivity contribution in [3.05, 3.63) is 28.8 Å². The Hall–Kier alpha value is -0.730. The molecule has 16 heavy (non-hydrogen) atoms. The van der Waals surface area contributed by atoms with E-state index in [2.05, 4.69) is 13.8 Å². The molecule has 1 aromatic carbocycles. The predicted molar refractivity (Wildman–Crippen MR) is 69.0 cm³/mol. The van der Waals surface area contributed by atoms with Crippen LogP contribution >= 0.6 is 11.6 Å². The summed E-state index contributed by atoms with van der Waals surface area (Å²) in [7, 11) is 0. The molecule has 0 heterocycles. The summed E-state index contributed by atoms with van der Waals surface area (Å²) < 4.78 is 5.38. The standard InChI is InChI=1S/C13H20ClNO/c1-4-16-13-6-5-10(8-11(13)14)12(15)7-9(2)3/h5-6,8-9,12H,4,7,15H2,1-3H3. The Morgan fingerprint density at radius 2 is 2.06 bits per heavy atom. The SMILES string of the molecule is CCOc1ccc(C(N)CC(C)C)cc1Cl. The summed E-state index contributed by atoms with van der Waals surface area (Å²) in [5, 5.41) is 0.638. The molecule has 0 amide bonds. The Balaban J connectivity index is 2.79. The van der Waals surface area contributed by atoms with Crippen molar-refractivity contribution in [2.75, 3.05) is 6.61 Å². The van der Waals surface area contributed by atoms with Crippen LogP contribution in [0, 0.1) is 5.92 Å². The fraction of sp³-hybridized carbons (Fsp3) is 0.538. The van der Waals surface area contributed by atoms with Gasteiger partial charge < -0.3 is 10.5 Å². The van der Waals surface area contributed by atoms with Crippen LogP contribution in [0.15, 0.2) is 18.2 Å². The van der Waals surface area contributed by atoms with Crippen LogP contribution in [-0.2, 0) is 0 Å². The molecule has 2 nitrogen and oxygen atoms in total. The van der Waals surface area contributed by atoms with Crippen molar-refractivity contribution >= 4 is 11.6 Å². The van der Waals surface area contributed by atoms with Crippen LogP contribution < -0.4 is 10.5 Å². The highest BCUT2D eigenvalue weighted by Gasteiger charge is 2.10. The molecule has 0 aliphatic rings. The lowest BCUT2D eigenvalue weighted by molar-refractivity contribution is 0.340. The molecule has 1 rings (SSSR count). The summed E-state index contributed by atoms with van der Waals surface area (Å²) in [5.41, 5.74) is 7.16. The van der Waals surface area contributed by atoms with E-state index in [4.69, 9.17) is 22.1 Å². The van der Waals surface area contributed by atoms with Crippen LogP contribution in [0.3, 0.4) is 0 Å². The first-order chi connectivity index (χ1) is 7.54. The average molecular weight is 242 g/mol. The van der Waals surface area contributed by atoms with E-state index in [-0.39, 0.29) is 6.04 Å². The lowest BCUT2D eigenvalue weighted by Gasteiger charge is -2.15. The molecule has 0 bridgehead atoms. The van der Waals surface area contributed by atoms with Gasteiger partial charge in [0, 0.05) is 6.04 Å². The van der Waals surface area contributed by atoms with Crippen molar-refractivity contribution in [1.29, 1.82) is 0 Å². The number of benzene rings is 1. The number of ether oxygens (including phenoxy) is 1. The molecule has 0 fully saturated rings. The van der Waals surface area contributed by atoms with Gasteiger partial charge in [-0.05, 0) is 37.0 Å². The number of hydrogen-bond donors (Lipinski definition) is 1. The highest BCUT2D eigenvalue weighted by molar-refractivity contribution is 6.32. The van der Waals surface area contributed by atoms with E-state index in [0.29, 0.717) is 17.5 Å². The fourth-order valence-corrected chi connectivity index (χ4v) is 1.91. The second-order valence-corrected chi connectivity index (χ2v) is 4.77. The first kappa shape index (κ1) is 13.3. The Morgan fingerprint density at radius 1 is 1.38 bits per heavy atom. The Bertz CT molecular complexity index is 339. The van der Waals surface area contributed by atoms with Crippen molar-refractivity contribution in [2.24, 2.45) is 11.7 Å². The predicted octanol–water partition coefficient (Wildman–Crippen LogP) is 3.78. The van der Waals surface area contributed by atoms with Gasteiger partial charge in [-0.1, -0.05) is 31.5 Å². The van der Waals surface area contributed by atoms with E-state index >= 15 is 0 Å². The third-order valence-corrected chi connectivity index (χ3v) is 2.70. The summed E-state index contributed by atoms with van der Waals surface area (Å²) >= 11 is 6.11. The molecule has 90 valence electrons. The second kappa shape index (κ2) is 6.12. The van der Waals surface area contributed by atoms with Gasteiger partial charge in [0.25, 0.3) is 0 Å². The Kier molecular flexibility index (Phi) is 5.10. The Morgan fingerprint density at radius 3 is 2.56 bits per heavy atom. The molecule has 2 N–H and O–H groups in total. The number of hydrogen-bond acceptors (Lipinski definition) is 2. The number of nitrogens with two attached hydrogens (primary N) is 1. The van der Waals surface area contributed by atoms with E-state index in [9.17, 15) is 0 Å². The second-order valence-electron chi connectivity index (χ2n) is 4.36. The first-order valence-electron chi connectivity index (χ1n) is 5.72. The molecule has 0 aromatic heterocycles. The van der Waals surface area contributed by atoms with Crippen LogP contribution in [-0.4, -0.2) is 6.61 Å². The van der Waals surface area contributed by atoms with Gasteiger partial charge in [-0.3, -0.25) is 0 Å². The zero-order valence-corrected chi connectivity index (χ0v) is 10.9. The third kappa shape index (κ3) is 3.69. The van der Waals surface area contributed by atoms with Crippen molar-refractivity contribution < 1.29 is 4.74 Å². The minimum Gasteiger partial charge on any atom is -0.492 e. The summed E-state index contributed by atoms with van der Waals surface area (Å²) in [6.07, 6.45) is 0.963. The quantitative estimate of drug-likeness (QED) is 0.852. The van der Waals surface area contributed by atoms with Gasteiger partial charge in [0.05, 0.1) is 11.6 Å². The molecule has 1 atom stereocenters. The van der Waals surface area contributed by atoms with Crippen LogP contribution in [0.25, 0.3) is 0 Å². The molecule has 0 aliphatic carbocycles. The maximum Gasteiger partial charge on any atom is 0.137 e. The minimum absolute atomic E-state index is 0.0492. The van der Waals surface area contributed by atoms with E-state index in [1.54, 1.807) is 0 Å². The van der Waals surface area contributed by atoms with Crippen LogP contribution in [0.5, 0.6) is 5.75 Å². The molecule has 3 heteroatoms.